The van der Waals surface area contributed by atoms with Crippen molar-refractivity contribution in [1.29, 1.82) is 0 Å². The summed E-state index contributed by atoms with van der Waals surface area (Å²) in [6.07, 6.45) is 0.778. The van der Waals surface area contributed by atoms with Gasteiger partial charge in [0.25, 0.3) is 5.91 Å². The Kier molecular flexibility index (Phi) is 6.37. The molecule has 152 valence electrons. The van der Waals surface area contributed by atoms with E-state index in [0.29, 0.717) is 11.3 Å². The van der Waals surface area contributed by atoms with Crippen LogP contribution in [0.2, 0.25) is 0 Å². The second-order valence-corrected chi connectivity index (χ2v) is 7.40. The van der Waals surface area contributed by atoms with Gasteiger partial charge in [-0.15, -0.1) is 0 Å². The molecule has 1 aromatic heterocycles. The van der Waals surface area contributed by atoms with Gasteiger partial charge in [0.1, 0.15) is 18.1 Å². The standard InChI is InChI=1S/C24H28N2O3/c1-6-21(19-12-10-15(2)11-13-19)25-24(27)23-20(18(5)29-26-23)14-28-22-9-7-8-16(3)17(22)4/h7-13,21H,6,14H2,1-5H3,(H,25,27). The van der Waals surface area contributed by atoms with E-state index in [9.17, 15) is 4.79 Å². The van der Waals surface area contributed by atoms with Gasteiger partial charge in [0.15, 0.2) is 5.69 Å². The molecular formula is C24H28N2O3. The van der Waals surface area contributed by atoms with E-state index in [1.54, 1.807) is 6.92 Å². The van der Waals surface area contributed by atoms with Gasteiger partial charge in [-0.2, -0.15) is 0 Å². The van der Waals surface area contributed by atoms with Crippen LogP contribution in [0.15, 0.2) is 47.0 Å². The van der Waals surface area contributed by atoms with Gasteiger partial charge in [0.05, 0.1) is 11.6 Å². The fourth-order valence-corrected chi connectivity index (χ4v) is 3.22. The minimum atomic E-state index is -0.256. The predicted molar refractivity (Wildman–Crippen MR) is 113 cm³/mol. The summed E-state index contributed by atoms with van der Waals surface area (Å²) >= 11 is 0. The molecule has 1 heterocycles. The van der Waals surface area contributed by atoms with Crippen LogP contribution >= 0.6 is 0 Å². The van der Waals surface area contributed by atoms with Crippen LogP contribution in [0, 0.1) is 27.7 Å². The maximum atomic E-state index is 12.9. The monoisotopic (exact) mass is 392 g/mol. The summed E-state index contributed by atoms with van der Waals surface area (Å²) in [6.45, 7) is 10.2. The highest BCUT2D eigenvalue weighted by Gasteiger charge is 2.23. The molecule has 2 aromatic carbocycles. The van der Waals surface area contributed by atoms with Crippen LogP contribution in [0.25, 0.3) is 0 Å². The molecule has 3 rings (SSSR count). The van der Waals surface area contributed by atoms with E-state index in [-0.39, 0.29) is 24.2 Å². The van der Waals surface area contributed by atoms with Crippen molar-refractivity contribution < 1.29 is 14.1 Å². The smallest absolute Gasteiger partial charge is 0.274 e. The number of carbonyl (C=O) groups is 1. The summed E-state index contributed by atoms with van der Waals surface area (Å²) < 4.78 is 11.3. The molecule has 0 radical (unpaired) electrons. The fraction of sp³-hybridized carbons (Fsp3) is 0.333. The number of rotatable bonds is 7. The normalized spacial score (nSPS) is 11.9. The number of hydrogen-bond acceptors (Lipinski definition) is 4. The van der Waals surface area contributed by atoms with Gasteiger partial charge in [-0.05, 0) is 56.9 Å². The Labute approximate surface area is 172 Å². The van der Waals surface area contributed by atoms with Gasteiger partial charge in [0.2, 0.25) is 0 Å². The van der Waals surface area contributed by atoms with Crippen LogP contribution in [-0.2, 0) is 6.61 Å². The first-order valence-electron chi connectivity index (χ1n) is 9.92. The van der Waals surface area contributed by atoms with E-state index in [0.717, 1.165) is 28.9 Å². The van der Waals surface area contributed by atoms with Gasteiger partial charge >= 0.3 is 0 Å². The van der Waals surface area contributed by atoms with Crippen molar-refractivity contribution in [3.63, 3.8) is 0 Å². The minimum Gasteiger partial charge on any atom is -0.488 e. The van der Waals surface area contributed by atoms with Crippen molar-refractivity contribution in [2.45, 2.75) is 53.7 Å². The number of nitrogens with one attached hydrogen (secondary N) is 1. The molecule has 1 atom stereocenters. The van der Waals surface area contributed by atoms with E-state index in [1.807, 2.05) is 70.2 Å². The van der Waals surface area contributed by atoms with E-state index >= 15 is 0 Å². The molecule has 0 saturated heterocycles. The van der Waals surface area contributed by atoms with Gasteiger partial charge in [-0.25, -0.2) is 0 Å². The average molecular weight is 392 g/mol. The Morgan fingerprint density at radius 2 is 1.83 bits per heavy atom. The SMILES string of the molecule is CCC(NC(=O)c1noc(C)c1COc1cccc(C)c1C)c1ccc(C)cc1. The van der Waals surface area contributed by atoms with Crippen molar-refractivity contribution >= 4 is 5.91 Å². The molecule has 5 heteroatoms. The summed E-state index contributed by atoms with van der Waals surface area (Å²) in [5.74, 6) is 1.13. The molecule has 0 aliphatic heterocycles. The number of nitrogens with zero attached hydrogens (tertiary/aromatic N) is 1. The number of amides is 1. The second-order valence-electron chi connectivity index (χ2n) is 7.40. The highest BCUT2D eigenvalue weighted by Crippen LogP contribution is 2.24. The maximum absolute atomic E-state index is 12.9. The molecule has 0 bridgehead atoms. The fourth-order valence-electron chi connectivity index (χ4n) is 3.22. The molecular weight excluding hydrogens is 364 g/mol. The molecule has 5 nitrogen and oxygen atoms in total. The Morgan fingerprint density at radius 3 is 2.52 bits per heavy atom. The summed E-state index contributed by atoms with van der Waals surface area (Å²) in [7, 11) is 0. The van der Waals surface area contributed by atoms with E-state index < -0.39 is 0 Å². The molecule has 1 N–H and O–H groups in total. The zero-order valence-electron chi connectivity index (χ0n) is 17.7. The number of hydrogen-bond donors (Lipinski definition) is 1. The third-order valence-corrected chi connectivity index (χ3v) is 5.32. The lowest BCUT2D eigenvalue weighted by atomic mass is 10.0. The third-order valence-electron chi connectivity index (χ3n) is 5.32. The summed E-state index contributed by atoms with van der Waals surface area (Å²) in [4.78, 5) is 12.9. The van der Waals surface area contributed by atoms with Crippen molar-refractivity contribution in [3.8, 4) is 5.75 Å². The lowest BCUT2D eigenvalue weighted by Gasteiger charge is -2.17. The minimum absolute atomic E-state index is 0.0899. The Bertz CT molecular complexity index is 990. The second kappa shape index (κ2) is 8.95. The quantitative estimate of drug-likeness (QED) is 0.587. The van der Waals surface area contributed by atoms with Crippen molar-refractivity contribution in [3.05, 3.63) is 81.7 Å². The van der Waals surface area contributed by atoms with Gasteiger partial charge in [0, 0.05) is 0 Å². The molecule has 0 aliphatic rings. The predicted octanol–water partition coefficient (Wildman–Crippen LogP) is 5.37. The zero-order chi connectivity index (χ0) is 21.0. The molecule has 0 aliphatic carbocycles. The largest absolute Gasteiger partial charge is 0.488 e. The van der Waals surface area contributed by atoms with Gasteiger partial charge in [-0.3, -0.25) is 4.79 Å². The van der Waals surface area contributed by atoms with Crippen LogP contribution in [0.3, 0.4) is 0 Å². The highest BCUT2D eigenvalue weighted by molar-refractivity contribution is 5.94. The number of aromatic nitrogens is 1. The lowest BCUT2D eigenvalue weighted by Crippen LogP contribution is -2.29. The first-order chi connectivity index (χ1) is 13.9. The highest BCUT2D eigenvalue weighted by atomic mass is 16.5. The topological polar surface area (TPSA) is 64.4 Å². The molecule has 1 amide bonds. The third kappa shape index (κ3) is 4.67. The number of aryl methyl sites for hydroxylation is 3. The average Bonchev–Trinajstić information content (AvgIpc) is 3.08. The van der Waals surface area contributed by atoms with Gasteiger partial charge in [-0.1, -0.05) is 54.0 Å². The van der Waals surface area contributed by atoms with Crippen LogP contribution in [0.1, 0.15) is 63.5 Å². The first kappa shape index (κ1) is 20.6. The van der Waals surface area contributed by atoms with Crippen LogP contribution in [-0.4, -0.2) is 11.1 Å². The number of carbonyl (C=O) groups excluding carboxylic acids is 1. The maximum Gasteiger partial charge on any atom is 0.274 e. The Balaban J connectivity index is 1.76. The number of ether oxygens (including phenoxy) is 1. The summed E-state index contributed by atoms with van der Waals surface area (Å²) in [5, 5.41) is 7.07. The van der Waals surface area contributed by atoms with Crippen LogP contribution in [0.5, 0.6) is 5.75 Å². The molecule has 3 aromatic rings. The van der Waals surface area contributed by atoms with Crippen LogP contribution in [0.4, 0.5) is 0 Å². The van der Waals surface area contributed by atoms with Gasteiger partial charge < -0.3 is 14.6 Å². The van der Waals surface area contributed by atoms with E-state index in [1.165, 1.54) is 5.56 Å². The molecule has 1 unspecified atom stereocenters. The zero-order valence-corrected chi connectivity index (χ0v) is 17.7. The Morgan fingerprint density at radius 1 is 1.10 bits per heavy atom. The molecule has 29 heavy (non-hydrogen) atoms. The molecule has 0 spiro atoms. The van der Waals surface area contributed by atoms with E-state index in [4.69, 9.17) is 9.26 Å². The van der Waals surface area contributed by atoms with Crippen molar-refractivity contribution in [2.75, 3.05) is 0 Å². The Hall–Kier alpha value is -3.08. The van der Waals surface area contributed by atoms with Crippen molar-refractivity contribution in [2.24, 2.45) is 0 Å². The van der Waals surface area contributed by atoms with Crippen molar-refractivity contribution in [1.82, 2.24) is 10.5 Å². The first-order valence-corrected chi connectivity index (χ1v) is 9.92. The molecule has 0 saturated carbocycles. The molecule has 0 fully saturated rings. The summed E-state index contributed by atoms with van der Waals surface area (Å²) in [6, 6.07) is 14.0. The summed E-state index contributed by atoms with van der Waals surface area (Å²) in [5.41, 5.74) is 5.44. The lowest BCUT2D eigenvalue weighted by molar-refractivity contribution is 0.0924. The van der Waals surface area contributed by atoms with E-state index in [2.05, 4.69) is 10.5 Å². The number of benzene rings is 2. The van der Waals surface area contributed by atoms with Crippen LogP contribution < -0.4 is 10.1 Å².